The zero-order chi connectivity index (χ0) is 19.0. The standard InChI is InChI=1S/C8H15NO.C6H4N2.C2H4F2.C2H6/c1-3-5-9-6-4-7(2)8(9)10;7-4-6-2-1-3-8-5-6;1-2(3)4;1-2/h7H,3-6H2,1-2H3;1-3,5H;2H,1H3;1-2H3. The molecule has 1 atom stereocenters. The van der Waals surface area contributed by atoms with E-state index in [9.17, 15) is 13.6 Å². The summed E-state index contributed by atoms with van der Waals surface area (Å²) in [4.78, 5) is 16.9. The first-order chi connectivity index (χ1) is 11.4. The van der Waals surface area contributed by atoms with E-state index in [-0.39, 0.29) is 5.92 Å². The molecule has 2 heterocycles. The molecule has 24 heavy (non-hydrogen) atoms. The van der Waals surface area contributed by atoms with Crippen molar-refractivity contribution in [2.24, 2.45) is 5.92 Å². The van der Waals surface area contributed by atoms with Crippen molar-refractivity contribution >= 4 is 5.91 Å². The van der Waals surface area contributed by atoms with E-state index in [4.69, 9.17) is 5.26 Å². The molecule has 1 fully saturated rings. The molecule has 0 radical (unpaired) electrons. The van der Waals surface area contributed by atoms with Gasteiger partial charge in [0.25, 0.3) is 0 Å². The molecule has 0 spiro atoms. The molecule has 1 saturated heterocycles. The summed E-state index contributed by atoms with van der Waals surface area (Å²) in [6.45, 7) is 10.9. The Bertz CT molecular complexity index is 456. The van der Waals surface area contributed by atoms with Gasteiger partial charge in [0.05, 0.1) is 5.56 Å². The molecule has 1 amide bonds. The Kier molecular flexibility index (Phi) is 16.0. The smallest absolute Gasteiger partial charge is 0.235 e. The first-order valence-electron chi connectivity index (χ1n) is 8.29. The molecule has 6 heteroatoms. The SMILES string of the molecule is CC.CC(F)F.CCCN1CCC(C)C1=O.N#Cc1cccnc1. The third-order valence-corrected chi connectivity index (χ3v) is 2.85. The van der Waals surface area contributed by atoms with Crippen LogP contribution in [0.15, 0.2) is 24.5 Å². The summed E-state index contributed by atoms with van der Waals surface area (Å²) in [5.41, 5.74) is 0.604. The van der Waals surface area contributed by atoms with Crippen LogP contribution in [0.2, 0.25) is 0 Å². The molecular weight excluding hydrogens is 312 g/mol. The summed E-state index contributed by atoms with van der Waals surface area (Å²) in [6, 6.07) is 5.41. The number of carbonyl (C=O) groups excluding carboxylic acids is 1. The number of hydrogen-bond acceptors (Lipinski definition) is 3. The summed E-state index contributed by atoms with van der Waals surface area (Å²) < 4.78 is 20.7. The molecule has 1 aromatic rings. The summed E-state index contributed by atoms with van der Waals surface area (Å²) in [7, 11) is 0. The van der Waals surface area contributed by atoms with Crippen molar-refractivity contribution in [3.05, 3.63) is 30.1 Å². The minimum atomic E-state index is -2.17. The van der Waals surface area contributed by atoms with Crippen molar-refractivity contribution in [2.45, 2.75) is 53.9 Å². The zero-order valence-electron chi connectivity index (χ0n) is 15.3. The van der Waals surface area contributed by atoms with Crippen molar-refractivity contribution in [1.82, 2.24) is 9.88 Å². The normalized spacial score (nSPS) is 15.2. The van der Waals surface area contributed by atoms with Gasteiger partial charge >= 0.3 is 0 Å². The van der Waals surface area contributed by atoms with Crippen LogP contribution >= 0.6 is 0 Å². The Hall–Kier alpha value is -2.03. The minimum absolute atomic E-state index is 0.284. The molecule has 0 bridgehead atoms. The van der Waals surface area contributed by atoms with E-state index in [0.717, 1.165) is 32.9 Å². The number of halogens is 2. The van der Waals surface area contributed by atoms with Crippen LogP contribution in [0.25, 0.3) is 0 Å². The summed E-state index contributed by atoms with van der Waals surface area (Å²) >= 11 is 0. The van der Waals surface area contributed by atoms with Crippen LogP contribution in [0.4, 0.5) is 8.78 Å². The van der Waals surface area contributed by atoms with Crippen LogP contribution in [-0.4, -0.2) is 35.3 Å². The van der Waals surface area contributed by atoms with Crippen LogP contribution in [0, 0.1) is 17.2 Å². The van der Waals surface area contributed by atoms with E-state index in [0.29, 0.717) is 11.5 Å². The zero-order valence-corrected chi connectivity index (χ0v) is 15.3. The van der Waals surface area contributed by atoms with Gasteiger partial charge in [0.2, 0.25) is 12.3 Å². The highest BCUT2D eigenvalue weighted by atomic mass is 19.3. The van der Waals surface area contributed by atoms with Crippen LogP contribution in [0.5, 0.6) is 0 Å². The lowest BCUT2D eigenvalue weighted by Crippen LogP contribution is -2.27. The van der Waals surface area contributed by atoms with Gasteiger partial charge in [-0.2, -0.15) is 5.26 Å². The Morgan fingerprint density at radius 3 is 2.33 bits per heavy atom. The fourth-order valence-electron chi connectivity index (χ4n) is 1.82. The molecule has 4 nitrogen and oxygen atoms in total. The van der Waals surface area contributed by atoms with E-state index < -0.39 is 6.43 Å². The van der Waals surface area contributed by atoms with E-state index in [1.165, 1.54) is 6.20 Å². The van der Waals surface area contributed by atoms with Gasteiger partial charge in [0, 0.05) is 31.4 Å². The molecule has 0 saturated carbocycles. The topological polar surface area (TPSA) is 57.0 Å². The van der Waals surface area contributed by atoms with Crippen molar-refractivity contribution in [3.63, 3.8) is 0 Å². The number of likely N-dealkylation sites (tertiary alicyclic amines) is 1. The summed E-state index contributed by atoms with van der Waals surface area (Å²) in [5.74, 6) is 0.633. The lowest BCUT2D eigenvalue weighted by Gasteiger charge is -2.13. The molecule has 0 aliphatic carbocycles. The predicted molar refractivity (Wildman–Crippen MR) is 92.6 cm³/mol. The number of nitrogens with zero attached hydrogens (tertiary/aromatic N) is 3. The Morgan fingerprint density at radius 2 is 2.04 bits per heavy atom. The van der Waals surface area contributed by atoms with Crippen LogP contribution < -0.4 is 0 Å². The highest BCUT2D eigenvalue weighted by molar-refractivity contribution is 5.80. The van der Waals surface area contributed by atoms with E-state index in [1.54, 1.807) is 18.3 Å². The molecule has 1 aliphatic rings. The second-order valence-electron chi connectivity index (χ2n) is 4.89. The van der Waals surface area contributed by atoms with Crippen molar-refractivity contribution in [3.8, 4) is 6.07 Å². The quantitative estimate of drug-likeness (QED) is 0.795. The van der Waals surface area contributed by atoms with Crippen molar-refractivity contribution in [1.29, 1.82) is 5.26 Å². The second-order valence-corrected chi connectivity index (χ2v) is 4.89. The summed E-state index contributed by atoms with van der Waals surface area (Å²) in [6.07, 6.45) is 3.14. The maximum Gasteiger partial charge on any atom is 0.235 e. The molecular formula is C18H29F2N3O. The molecule has 1 aliphatic heterocycles. The first kappa shape index (κ1) is 24.2. The molecule has 1 aromatic heterocycles. The van der Waals surface area contributed by atoms with Gasteiger partial charge in [-0.3, -0.25) is 9.78 Å². The Labute approximate surface area is 144 Å². The largest absolute Gasteiger partial charge is 0.342 e. The average molecular weight is 341 g/mol. The average Bonchev–Trinajstić information content (AvgIpc) is 2.90. The van der Waals surface area contributed by atoms with Crippen LogP contribution in [0.1, 0.15) is 53.0 Å². The van der Waals surface area contributed by atoms with Gasteiger partial charge in [-0.25, -0.2) is 8.78 Å². The maximum absolute atomic E-state index is 11.2. The van der Waals surface area contributed by atoms with E-state index in [2.05, 4.69) is 11.9 Å². The number of carbonyl (C=O) groups is 1. The highest BCUT2D eigenvalue weighted by Gasteiger charge is 2.26. The van der Waals surface area contributed by atoms with Gasteiger partial charge < -0.3 is 4.90 Å². The second kappa shape index (κ2) is 15.9. The van der Waals surface area contributed by atoms with Gasteiger partial charge in [-0.1, -0.05) is 27.7 Å². The number of aromatic nitrogens is 1. The number of amides is 1. The Morgan fingerprint density at radius 1 is 1.46 bits per heavy atom. The van der Waals surface area contributed by atoms with Crippen molar-refractivity contribution < 1.29 is 13.6 Å². The van der Waals surface area contributed by atoms with Gasteiger partial charge in [-0.15, -0.1) is 0 Å². The molecule has 2 rings (SSSR count). The molecule has 1 unspecified atom stereocenters. The maximum atomic E-state index is 11.2. The third kappa shape index (κ3) is 12.5. The fraction of sp³-hybridized carbons (Fsp3) is 0.611. The van der Waals surface area contributed by atoms with Gasteiger partial charge in [-0.05, 0) is 31.9 Å². The van der Waals surface area contributed by atoms with Crippen LogP contribution in [0.3, 0.4) is 0 Å². The number of hydrogen-bond donors (Lipinski definition) is 0. The number of alkyl halides is 2. The first-order valence-corrected chi connectivity index (χ1v) is 8.29. The monoisotopic (exact) mass is 341 g/mol. The third-order valence-electron chi connectivity index (χ3n) is 2.85. The van der Waals surface area contributed by atoms with Crippen molar-refractivity contribution in [2.75, 3.05) is 13.1 Å². The van der Waals surface area contributed by atoms with E-state index in [1.807, 2.05) is 31.7 Å². The molecule has 0 aromatic carbocycles. The predicted octanol–water partition coefficient (Wildman–Crippen LogP) is 4.52. The number of rotatable bonds is 2. The van der Waals surface area contributed by atoms with Crippen LogP contribution in [-0.2, 0) is 4.79 Å². The number of nitriles is 1. The van der Waals surface area contributed by atoms with E-state index >= 15 is 0 Å². The van der Waals surface area contributed by atoms with Gasteiger partial charge in [0.15, 0.2) is 0 Å². The lowest BCUT2D eigenvalue weighted by molar-refractivity contribution is -0.130. The Balaban J connectivity index is 0. The summed E-state index contributed by atoms with van der Waals surface area (Å²) in [5, 5.41) is 8.25. The highest BCUT2D eigenvalue weighted by Crippen LogP contribution is 2.16. The fourth-order valence-corrected chi connectivity index (χ4v) is 1.82. The lowest BCUT2D eigenvalue weighted by atomic mass is 10.1. The minimum Gasteiger partial charge on any atom is -0.342 e. The molecule has 0 N–H and O–H groups in total. The van der Waals surface area contributed by atoms with Gasteiger partial charge in [0.1, 0.15) is 6.07 Å². The molecule has 136 valence electrons. The number of pyridine rings is 1.